The van der Waals surface area contributed by atoms with Crippen molar-refractivity contribution in [1.29, 1.82) is 0 Å². The van der Waals surface area contributed by atoms with Gasteiger partial charge >= 0.3 is 0 Å². The third kappa shape index (κ3) is 2.03. The van der Waals surface area contributed by atoms with Gasteiger partial charge in [0.15, 0.2) is 16.6 Å². The molecule has 2 N–H and O–H groups in total. The van der Waals surface area contributed by atoms with E-state index in [0.717, 1.165) is 18.0 Å². The number of anilines is 2. The van der Waals surface area contributed by atoms with Gasteiger partial charge in [0.2, 0.25) is 0 Å². The Bertz CT molecular complexity index is 274. The molecule has 0 atom stereocenters. The quantitative estimate of drug-likeness (QED) is 0.803. The van der Waals surface area contributed by atoms with Gasteiger partial charge in [-0.3, -0.25) is 0 Å². The van der Waals surface area contributed by atoms with Crippen molar-refractivity contribution in [2.24, 2.45) is 0 Å². The first kappa shape index (κ1) is 10.1. The fraction of sp³-hybridized carbons (Fsp3) is 0.625. The number of nitrogens with two attached hydrogens (primary N) is 1. The van der Waals surface area contributed by atoms with Gasteiger partial charge in [0.25, 0.3) is 0 Å². The molecule has 0 radical (unpaired) electrons. The van der Waals surface area contributed by atoms with Crippen molar-refractivity contribution < 1.29 is 4.74 Å². The van der Waals surface area contributed by atoms with Crippen molar-refractivity contribution in [3.63, 3.8) is 0 Å². The first-order valence-electron chi connectivity index (χ1n) is 4.21. The van der Waals surface area contributed by atoms with Crippen molar-refractivity contribution in [2.45, 2.75) is 13.3 Å². The van der Waals surface area contributed by atoms with Gasteiger partial charge in [-0.25, -0.2) is 0 Å². The number of methoxy groups -OCH3 is 1. The molecule has 5 heteroatoms. The number of nitrogens with zero attached hydrogens (tertiary/aromatic N) is 2. The van der Waals surface area contributed by atoms with Crippen LogP contribution in [-0.2, 0) is 0 Å². The molecule has 0 saturated carbocycles. The van der Waals surface area contributed by atoms with E-state index in [1.807, 2.05) is 7.05 Å². The van der Waals surface area contributed by atoms with Gasteiger partial charge in [-0.1, -0.05) is 6.92 Å². The van der Waals surface area contributed by atoms with Crippen molar-refractivity contribution >= 4 is 22.4 Å². The lowest BCUT2D eigenvalue weighted by atomic mass is 10.4. The normalized spacial score (nSPS) is 10.1. The minimum Gasteiger partial charge on any atom is -0.490 e. The zero-order valence-electron chi connectivity index (χ0n) is 8.20. The fourth-order valence-electron chi connectivity index (χ4n) is 1.16. The lowest BCUT2D eigenvalue weighted by Crippen LogP contribution is -2.17. The summed E-state index contributed by atoms with van der Waals surface area (Å²) in [4.78, 5) is 2.10. The van der Waals surface area contributed by atoms with Crippen LogP contribution < -0.4 is 15.4 Å². The van der Waals surface area contributed by atoms with E-state index < -0.39 is 0 Å². The van der Waals surface area contributed by atoms with Crippen LogP contribution in [-0.4, -0.2) is 25.1 Å². The second-order valence-corrected chi connectivity index (χ2v) is 3.58. The maximum absolute atomic E-state index is 5.63. The lowest BCUT2D eigenvalue weighted by molar-refractivity contribution is 0.418. The van der Waals surface area contributed by atoms with Crippen LogP contribution in [0, 0.1) is 0 Å². The Morgan fingerprint density at radius 2 is 2.31 bits per heavy atom. The second kappa shape index (κ2) is 4.32. The Morgan fingerprint density at radius 3 is 2.85 bits per heavy atom. The average molecular weight is 201 g/mol. The Morgan fingerprint density at radius 1 is 1.62 bits per heavy atom. The molecule has 0 aliphatic rings. The number of aromatic nitrogens is 1. The molecule has 0 aromatic carbocycles. The van der Waals surface area contributed by atoms with Gasteiger partial charge in [0, 0.05) is 13.6 Å². The maximum atomic E-state index is 5.63. The third-order valence-corrected chi connectivity index (χ3v) is 2.73. The SMILES string of the molecule is CCCN(C)c1snc(N)c1OC. The molecule has 1 heterocycles. The van der Waals surface area contributed by atoms with Crippen LogP contribution in [0.15, 0.2) is 0 Å². The lowest BCUT2D eigenvalue weighted by Gasteiger charge is -2.16. The highest BCUT2D eigenvalue weighted by Gasteiger charge is 2.14. The first-order valence-corrected chi connectivity index (χ1v) is 4.98. The Hall–Kier alpha value is -0.970. The molecule has 4 nitrogen and oxygen atoms in total. The fourth-order valence-corrected chi connectivity index (χ4v) is 1.93. The van der Waals surface area contributed by atoms with Gasteiger partial charge in [-0.15, -0.1) is 0 Å². The minimum absolute atomic E-state index is 0.477. The predicted octanol–water partition coefficient (Wildman–Crippen LogP) is 1.58. The molecule has 0 bridgehead atoms. The smallest absolute Gasteiger partial charge is 0.197 e. The van der Waals surface area contributed by atoms with Crippen LogP contribution >= 0.6 is 11.5 Å². The van der Waals surface area contributed by atoms with E-state index in [1.165, 1.54) is 11.5 Å². The second-order valence-electron chi connectivity index (χ2n) is 2.83. The molecule has 13 heavy (non-hydrogen) atoms. The van der Waals surface area contributed by atoms with Crippen LogP contribution in [0.1, 0.15) is 13.3 Å². The number of nitrogen functional groups attached to an aromatic ring is 1. The molecule has 0 aliphatic carbocycles. The van der Waals surface area contributed by atoms with Crippen LogP contribution in [0.25, 0.3) is 0 Å². The van der Waals surface area contributed by atoms with E-state index in [4.69, 9.17) is 10.5 Å². The van der Waals surface area contributed by atoms with E-state index >= 15 is 0 Å². The summed E-state index contributed by atoms with van der Waals surface area (Å²) >= 11 is 1.37. The largest absolute Gasteiger partial charge is 0.490 e. The van der Waals surface area contributed by atoms with Crippen molar-refractivity contribution in [3.8, 4) is 5.75 Å². The van der Waals surface area contributed by atoms with Crippen LogP contribution in [0.3, 0.4) is 0 Å². The molecule has 0 unspecified atom stereocenters. The zero-order valence-corrected chi connectivity index (χ0v) is 9.02. The van der Waals surface area contributed by atoms with E-state index in [2.05, 4.69) is 16.2 Å². The highest BCUT2D eigenvalue weighted by molar-refractivity contribution is 7.11. The van der Waals surface area contributed by atoms with Gasteiger partial charge in [0.1, 0.15) is 0 Å². The molecule has 0 spiro atoms. The van der Waals surface area contributed by atoms with E-state index in [0.29, 0.717) is 11.6 Å². The Labute approximate surface area is 82.5 Å². The summed E-state index contributed by atoms with van der Waals surface area (Å²) in [7, 11) is 3.63. The molecule has 74 valence electrons. The number of hydrogen-bond acceptors (Lipinski definition) is 5. The standard InChI is InChI=1S/C8H15N3OS/c1-4-5-11(2)8-6(12-3)7(9)10-13-8/h4-5H2,1-3H3,(H2,9,10). The predicted molar refractivity (Wildman–Crippen MR) is 56.6 cm³/mol. The monoisotopic (exact) mass is 201 g/mol. The summed E-state index contributed by atoms with van der Waals surface area (Å²) in [5.41, 5.74) is 5.63. The molecule has 1 rings (SSSR count). The van der Waals surface area contributed by atoms with Gasteiger partial charge in [0.05, 0.1) is 7.11 Å². The minimum atomic E-state index is 0.477. The summed E-state index contributed by atoms with van der Waals surface area (Å²) in [6.45, 7) is 3.12. The zero-order chi connectivity index (χ0) is 9.84. The molecule has 0 saturated heterocycles. The van der Waals surface area contributed by atoms with Crippen molar-refractivity contribution in [3.05, 3.63) is 0 Å². The number of rotatable bonds is 4. The molecular formula is C8H15N3OS. The van der Waals surface area contributed by atoms with Crippen molar-refractivity contribution in [2.75, 3.05) is 31.3 Å². The Kier molecular flexibility index (Phi) is 3.36. The van der Waals surface area contributed by atoms with E-state index in [9.17, 15) is 0 Å². The molecule has 0 aliphatic heterocycles. The summed E-state index contributed by atoms with van der Waals surface area (Å²) in [5.74, 6) is 1.17. The van der Waals surface area contributed by atoms with Crippen LogP contribution in [0.4, 0.5) is 10.8 Å². The first-order chi connectivity index (χ1) is 6.20. The third-order valence-electron chi connectivity index (χ3n) is 1.77. The van der Waals surface area contributed by atoms with E-state index in [-0.39, 0.29) is 0 Å². The topological polar surface area (TPSA) is 51.4 Å². The number of hydrogen-bond donors (Lipinski definition) is 1. The summed E-state index contributed by atoms with van der Waals surface area (Å²) in [5, 5.41) is 1.00. The molecular weight excluding hydrogens is 186 g/mol. The summed E-state index contributed by atoms with van der Waals surface area (Å²) < 4.78 is 9.21. The number of ether oxygens (including phenoxy) is 1. The molecule has 1 aromatic rings. The highest BCUT2D eigenvalue weighted by Crippen LogP contribution is 2.37. The molecule has 0 fully saturated rings. The van der Waals surface area contributed by atoms with Gasteiger partial charge in [-0.05, 0) is 18.0 Å². The summed E-state index contributed by atoms with van der Waals surface area (Å²) in [6.07, 6.45) is 1.09. The van der Waals surface area contributed by atoms with Crippen LogP contribution in [0.2, 0.25) is 0 Å². The van der Waals surface area contributed by atoms with Crippen molar-refractivity contribution in [1.82, 2.24) is 4.37 Å². The van der Waals surface area contributed by atoms with E-state index in [1.54, 1.807) is 7.11 Å². The molecule has 1 aromatic heterocycles. The highest BCUT2D eigenvalue weighted by atomic mass is 32.1. The maximum Gasteiger partial charge on any atom is 0.197 e. The average Bonchev–Trinajstić information content (AvgIpc) is 2.47. The van der Waals surface area contributed by atoms with Gasteiger partial charge in [-0.2, -0.15) is 4.37 Å². The van der Waals surface area contributed by atoms with Crippen LogP contribution in [0.5, 0.6) is 5.75 Å². The summed E-state index contributed by atoms with van der Waals surface area (Å²) in [6, 6.07) is 0. The molecule has 0 amide bonds. The Balaban J connectivity index is 2.86. The van der Waals surface area contributed by atoms with Gasteiger partial charge < -0.3 is 15.4 Å².